The van der Waals surface area contributed by atoms with E-state index >= 15 is 0 Å². The Morgan fingerprint density at radius 1 is 1.20 bits per heavy atom. The van der Waals surface area contributed by atoms with Gasteiger partial charge in [0.25, 0.3) is 0 Å². The van der Waals surface area contributed by atoms with Gasteiger partial charge in [-0.05, 0) is 23.4 Å². The Balaban J connectivity index is 2.01. The van der Waals surface area contributed by atoms with Gasteiger partial charge in [0, 0.05) is 0 Å². The van der Waals surface area contributed by atoms with E-state index in [1.807, 2.05) is 0 Å². The van der Waals surface area contributed by atoms with Crippen LogP contribution in [-0.2, 0) is 0 Å². The molecule has 0 spiro atoms. The summed E-state index contributed by atoms with van der Waals surface area (Å²) in [6, 6.07) is 6.77. The zero-order valence-electron chi connectivity index (χ0n) is 8.50. The fourth-order valence-corrected chi connectivity index (χ4v) is 1.70. The van der Waals surface area contributed by atoms with Crippen LogP contribution in [0.25, 0.3) is 0 Å². The summed E-state index contributed by atoms with van der Waals surface area (Å²) < 4.78 is 0. The molecular formula is C11H15BO3. The van der Waals surface area contributed by atoms with Crippen LogP contribution in [0.4, 0.5) is 0 Å². The highest BCUT2D eigenvalue weighted by atomic mass is 16.4. The van der Waals surface area contributed by atoms with Crippen molar-refractivity contribution in [1.82, 2.24) is 0 Å². The molecule has 80 valence electrons. The van der Waals surface area contributed by atoms with Crippen LogP contribution in [0, 0.1) is 5.92 Å². The first-order chi connectivity index (χ1) is 7.16. The summed E-state index contributed by atoms with van der Waals surface area (Å²) in [7, 11) is -1.43. The molecule has 0 amide bonds. The first-order valence-electron chi connectivity index (χ1n) is 5.31. The lowest BCUT2D eigenvalue weighted by Crippen LogP contribution is -2.29. The van der Waals surface area contributed by atoms with Crippen LogP contribution in [-0.4, -0.2) is 22.3 Å². The van der Waals surface area contributed by atoms with Gasteiger partial charge in [-0.1, -0.05) is 37.1 Å². The second kappa shape index (κ2) is 4.35. The van der Waals surface area contributed by atoms with Crippen molar-refractivity contribution in [3.05, 3.63) is 29.8 Å². The van der Waals surface area contributed by atoms with Crippen molar-refractivity contribution in [2.45, 2.75) is 25.4 Å². The van der Waals surface area contributed by atoms with Crippen molar-refractivity contribution in [1.29, 1.82) is 0 Å². The number of hydrogen-bond acceptors (Lipinski definition) is 3. The molecule has 15 heavy (non-hydrogen) atoms. The topological polar surface area (TPSA) is 60.7 Å². The Bertz CT molecular complexity index is 319. The summed E-state index contributed by atoms with van der Waals surface area (Å²) in [4.78, 5) is 0. The Morgan fingerprint density at radius 3 is 2.27 bits per heavy atom. The minimum Gasteiger partial charge on any atom is -0.423 e. The first kappa shape index (κ1) is 10.7. The lowest BCUT2D eigenvalue weighted by molar-refractivity contribution is 0.160. The van der Waals surface area contributed by atoms with Gasteiger partial charge in [-0.25, -0.2) is 0 Å². The Morgan fingerprint density at radius 2 is 1.80 bits per heavy atom. The van der Waals surface area contributed by atoms with E-state index in [2.05, 4.69) is 0 Å². The molecule has 1 atom stereocenters. The normalized spacial score (nSPS) is 17.5. The molecule has 3 nitrogen and oxygen atoms in total. The fourth-order valence-electron chi connectivity index (χ4n) is 1.70. The summed E-state index contributed by atoms with van der Waals surface area (Å²) in [5.74, 6) is 0.683. The second-order valence-corrected chi connectivity index (χ2v) is 4.24. The van der Waals surface area contributed by atoms with Crippen molar-refractivity contribution in [2.75, 3.05) is 0 Å². The lowest BCUT2D eigenvalue weighted by Gasteiger charge is -2.10. The van der Waals surface area contributed by atoms with Crippen molar-refractivity contribution in [2.24, 2.45) is 5.92 Å². The smallest absolute Gasteiger partial charge is 0.423 e. The van der Waals surface area contributed by atoms with E-state index < -0.39 is 13.2 Å². The van der Waals surface area contributed by atoms with Gasteiger partial charge >= 0.3 is 7.12 Å². The maximum atomic E-state index is 9.84. The zero-order chi connectivity index (χ0) is 10.8. The Kier molecular flexibility index (Phi) is 3.10. The lowest BCUT2D eigenvalue weighted by atomic mass is 9.80. The third-order valence-corrected chi connectivity index (χ3v) is 2.87. The van der Waals surface area contributed by atoms with Crippen LogP contribution in [0.5, 0.6) is 0 Å². The quantitative estimate of drug-likeness (QED) is 0.616. The van der Waals surface area contributed by atoms with Gasteiger partial charge in [-0.15, -0.1) is 0 Å². The van der Waals surface area contributed by atoms with E-state index in [4.69, 9.17) is 10.0 Å². The predicted molar refractivity (Wildman–Crippen MR) is 58.6 cm³/mol. The summed E-state index contributed by atoms with van der Waals surface area (Å²) in [5, 5.41) is 27.6. The van der Waals surface area contributed by atoms with Crippen LogP contribution in [0.15, 0.2) is 24.3 Å². The molecule has 2 rings (SSSR count). The number of aliphatic hydroxyl groups excluding tert-OH is 1. The van der Waals surface area contributed by atoms with E-state index in [9.17, 15) is 5.11 Å². The van der Waals surface area contributed by atoms with Crippen LogP contribution in [0.1, 0.15) is 30.9 Å². The Labute approximate surface area is 89.5 Å². The average Bonchev–Trinajstić information content (AvgIpc) is 3.02. The molecule has 0 saturated heterocycles. The van der Waals surface area contributed by atoms with Crippen LogP contribution in [0.3, 0.4) is 0 Å². The summed E-state index contributed by atoms with van der Waals surface area (Å²) in [5.41, 5.74) is 1.31. The van der Waals surface area contributed by atoms with Gasteiger partial charge in [-0.3, -0.25) is 0 Å². The molecule has 1 saturated carbocycles. The zero-order valence-corrected chi connectivity index (χ0v) is 8.50. The molecule has 0 unspecified atom stereocenters. The SMILES string of the molecule is OB(O)c1ccc([C@H](O)CC2CC2)cc1. The van der Waals surface area contributed by atoms with Gasteiger partial charge in [0.1, 0.15) is 0 Å². The average molecular weight is 206 g/mol. The number of hydrogen-bond donors (Lipinski definition) is 3. The van der Waals surface area contributed by atoms with Crippen LogP contribution in [0.2, 0.25) is 0 Å². The second-order valence-electron chi connectivity index (χ2n) is 4.24. The molecule has 1 aromatic rings. The largest absolute Gasteiger partial charge is 0.488 e. The molecule has 1 aliphatic rings. The number of benzene rings is 1. The summed E-state index contributed by atoms with van der Waals surface area (Å²) >= 11 is 0. The Hall–Kier alpha value is -0.835. The molecule has 1 aromatic carbocycles. The number of rotatable bonds is 4. The van der Waals surface area contributed by atoms with E-state index in [0.717, 1.165) is 12.0 Å². The highest BCUT2D eigenvalue weighted by Gasteiger charge is 2.25. The van der Waals surface area contributed by atoms with Crippen molar-refractivity contribution >= 4 is 12.6 Å². The van der Waals surface area contributed by atoms with E-state index in [1.165, 1.54) is 12.8 Å². The summed E-state index contributed by atoms with van der Waals surface area (Å²) in [6.45, 7) is 0. The van der Waals surface area contributed by atoms with E-state index in [0.29, 0.717) is 11.4 Å². The standard InChI is InChI=1S/C11H15BO3/c13-11(7-8-1-2-8)9-3-5-10(6-4-9)12(14)15/h3-6,8,11,13-15H,1-2,7H2/t11-/m1/s1. The molecule has 4 heteroatoms. The molecule has 0 bridgehead atoms. The van der Waals surface area contributed by atoms with Gasteiger partial charge in [0.2, 0.25) is 0 Å². The third-order valence-electron chi connectivity index (χ3n) is 2.87. The molecule has 0 heterocycles. The van der Waals surface area contributed by atoms with Gasteiger partial charge in [0.15, 0.2) is 0 Å². The van der Waals surface area contributed by atoms with Crippen LogP contribution < -0.4 is 5.46 Å². The molecular weight excluding hydrogens is 191 g/mol. The molecule has 0 aromatic heterocycles. The van der Waals surface area contributed by atoms with Crippen molar-refractivity contribution in [3.8, 4) is 0 Å². The first-order valence-corrected chi connectivity index (χ1v) is 5.31. The molecule has 1 aliphatic carbocycles. The highest BCUT2D eigenvalue weighted by molar-refractivity contribution is 6.58. The van der Waals surface area contributed by atoms with E-state index in [-0.39, 0.29) is 0 Å². The minimum atomic E-state index is -1.43. The third kappa shape index (κ3) is 2.81. The maximum Gasteiger partial charge on any atom is 0.488 e. The predicted octanol–water partition coefficient (Wildman–Crippen LogP) is 0.200. The van der Waals surface area contributed by atoms with E-state index in [1.54, 1.807) is 24.3 Å². The van der Waals surface area contributed by atoms with Gasteiger partial charge < -0.3 is 15.2 Å². The number of aliphatic hydroxyl groups is 1. The van der Waals surface area contributed by atoms with Gasteiger partial charge in [0.05, 0.1) is 6.10 Å². The van der Waals surface area contributed by atoms with Crippen LogP contribution >= 0.6 is 0 Å². The monoisotopic (exact) mass is 206 g/mol. The molecule has 1 fully saturated rings. The highest BCUT2D eigenvalue weighted by Crippen LogP contribution is 2.37. The molecule has 3 N–H and O–H groups in total. The van der Waals surface area contributed by atoms with Crippen molar-refractivity contribution in [3.63, 3.8) is 0 Å². The molecule has 0 aliphatic heterocycles. The van der Waals surface area contributed by atoms with Gasteiger partial charge in [-0.2, -0.15) is 0 Å². The minimum absolute atomic E-state index is 0.414. The summed E-state index contributed by atoms with van der Waals surface area (Å²) in [6.07, 6.45) is 2.86. The maximum absolute atomic E-state index is 9.84. The molecule has 0 radical (unpaired) electrons. The fraction of sp³-hybridized carbons (Fsp3) is 0.455. The van der Waals surface area contributed by atoms with Crippen molar-refractivity contribution < 1.29 is 15.2 Å².